The molecule has 0 spiro atoms. The van der Waals surface area contributed by atoms with Crippen molar-refractivity contribution in [2.24, 2.45) is 0 Å². The fourth-order valence-electron chi connectivity index (χ4n) is 7.80. The van der Waals surface area contributed by atoms with E-state index in [9.17, 15) is 19.0 Å². The number of ether oxygens (including phenoxy) is 2. The summed E-state index contributed by atoms with van der Waals surface area (Å²) in [7, 11) is 1.46. The molecule has 0 aromatic heterocycles. The van der Waals surface area contributed by atoms with Gasteiger partial charge >= 0.3 is 19.8 Å². The van der Waals surface area contributed by atoms with Crippen molar-refractivity contribution in [1.29, 1.82) is 0 Å². The highest BCUT2D eigenvalue weighted by atomic mass is 31.2. The zero-order chi connectivity index (χ0) is 54.2. The molecule has 0 aromatic carbocycles. The van der Waals surface area contributed by atoms with E-state index in [1.807, 2.05) is 21.1 Å². The first-order chi connectivity index (χ1) is 36.0. The Kier molecular flexibility index (Phi) is 52.0. The Hall–Kier alpha value is -3.33. The van der Waals surface area contributed by atoms with E-state index in [1.54, 1.807) is 0 Å². The molecule has 0 bridgehead atoms. The molecule has 0 aliphatic heterocycles. The van der Waals surface area contributed by atoms with Crippen LogP contribution in [0.5, 0.6) is 0 Å². The SMILES string of the molecule is CC/C=C\C/C=C\C/C=C\C/C=C\C/C=C\CCCCCCCCCCCC(=O)OC(COC(=O)CCCCCCCCCCCCCC/C=C\C/C=C\C/C=C\C/C=C\CC)COP(=O)(O)OCC[N+](C)(C)C. The van der Waals surface area contributed by atoms with Crippen molar-refractivity contribution in [2.45, 2.75) is 238 Å². The van der Waals surface area contributed by atoms with E-state index in [2.05, 4.69) is 123 Å². The first-order valence-corrected chi connectivity index (χ1v) is 31.1. The summed E-state index contributed by atoms with van der Waals surface area (Å²) in [6.07, 6.45) is 75.8. The Labute approximate surface area is 455 Å². The second kappa shape index (κ2) is 54.5. The Morgan fingerprint density at radius 2 is 0.730 bits per heavy atom. The molecule has 424 valence electrons. The molecule has 0 aromatic rings. The van der Waals surface area contributed by atoms with Crippen LogP contribution in [-0.2, 0) is 32.7 Å². The first kappa shape index (κ1) is 70.7. The number of hydrogen-bond donors (Lipinski definition) is 1. The van der Waals surface area contributed by atoms with Crippen LogP contribution in [0.15, 0.2) is 109 Å². The molecule has 0 saturated carbocycles. The molecule has 9 nitrogen and oxygen atoms in total. The van der Waals surface area contributed by atoms with Gasteiger partial charge in [0.1, 0.15) is 19.8 Å². The van der Waals surface area contributed by atoms with Gasteiger partial charge in [0.15, 0.2) is 6.10 Å². The number of allylic oxidation sites excluding steroid dienone is 18. The van der Waals surface area contributed by atoms with Crippen molar-refractivity contribution >= 4 is 19.8 Å². The highest BCUT2D eigenvalue weighted by Crippen LogP contribution is 2.43. The average Bonchev–Trinajstić information content (AvgIpc) is 3.36. The minimum Gasteiger partial charge on any atom is -0.462 e. The maximum atomic E-state index is 12.8. The predicted octanol–water partition coefficient (Wildman–Crippen LogP) is 18.6. The zero-order valence-electron chi connectivity index (χ0n) is 48.0. The van der Waals surface area contributed by atoms with Crippen LogP contribution >= 0.6 is 7.82 Å². The number of rotatable bonds is 53. The van der Waals surface area contributed by atoms with Crippen LogP contribution in [0, 0.1) is 0 Å². The lowest BCUT2D eigenvalue weighted by Crippen LogP contribution is -2.37. The maximum Gasteiger partial charge on any atom is 0.472 e. The number of phosphoric ester groups is 1. The minimum absolute atomic E-state index is 0.0249. The van der Waals surface area contributed by atoms with Gasteiger partial charge in [0.05, 0.1) is 27.7 Å². The molecular formula is C64H111NO8P+. The van der Waals surface area contributed by atoms with Crippen LogP contribution in [0.3, 0.4) is 0 Å². The van der Waals surface area contributed by atoms with Crippen molar-refractivity contribution in [3.8, 4) is 0 Å². The lowest BCUT2D eigenvalue weighted by molar-refractivity contribution is -0.870. The van der Waals surface area contributed by atoms with Crippen molar-refractivity contribution < 1.29 is 42.1 Å². The van der Waals surface area contributed by atoms with Gasteiger partial charge in [0.2, 0.25) is 0 Å². The summed E-state index contributed by atoms with van der Waals surface area (Å²) in [5, 5.41) is 0. The molecule has 0 heterocycles. The molecule has 0 fully saturated rings. The van der Waals surface area contributed by atoms with Crippen molar-refractivity contribution in [2.75, 3.05) is 47.5 Å². The molecule has 2 atom stereocenters. The largest absolute Gasteiger partial charge is 0.472 e. The second-order valence-corrected chi connectivity index (χ2v) is 22.1. The molecule has 74 heavy (non-hydrogen) atoms. The van der Waals surface area contributed by atoms with Crippen molar-refractivity contribution in [3.05, 3.63) is 109 Å². The molecular weight excluding hydrogens is 942 g/mol. The summed E-state index contributed by atoms with van der Waals surface area (Å²) in [6, 6.07) is 0. The first-order valence-electron chi connectivity index (χ1n) is 29.6. The molecule has 0 saturated heterocycles. The van der Waals surface area contributed by atoms with Gasteiger partial charge in [-0.3, -0.25) is 18.6 Å². The van der Waals surface area contributed by atoms with Crippen molar-refractivity contribution in [3.63, 3.8) is 0 Å². The molecule has 0 amide bonds. The van der Waals surface area contributed by atoms with Gasteiger partial charge in [-0.2, -0.15) is 0 Å². The number of carbonyl (C=O) groups is 2. The number of phosphoric acid groups is 1. The molecule has 0 aliphatic carbocycles. The Morgan fingerprint density at radius 1 is 0.419 bits per heavy atom. The Balaban J connectivity index is 4.19. The van der Waals surface area contributed by atoms with Gasteiger partial charge in [-0.05, 0) is 96.3 Å². The third-order valence-electron chi connectivity index (χ3n) is 12.3. The summed E-state index contributed by atoms with van der Waals surface area (Å²) in [4.78, 5) is 35.7. The summed E-state index contributed by atoms with van der Waals surface area (Å²) < 4.78 is 34.6. The zero-order valence-corrected chi connectivity index (χ0v) is 48.9. The van der Waals surface area contributed by atoms with Gasteiger partial charge in [0, 0.05) is 12.8 Å². The number of nitrogens with zero attached hydrogens (tertiary/aromatic N) is 1. The number of quaternary nitrogens is 1. The third kappa shape index (κ3) is 57.9. The molecule has 0 aliphatic rings. The lowest BCUT2D eigenvalue weighted by Gasteiger charge is -2.24. The lowest BCUT2D eigenvalue weighted by atomic mass is 10.0. The quantitative estimate of drug-likeness (QED) is 0.0211. The summed E-state index contributed by atoms with van der Waals surface area (Å²) in [5.41, 5.74) is 0. The highest BCUT2D eigenvalue weighted by Gasteiger charge is 2.27. The molecule has 10 heteroatoms. The van der Waals surface area contributed by atoms with Crippen LogP contribution in [0.2, 0.25) is 0 Å². The van der Waals surface area contributed by atoms with Crippen LogP contribution in [0.4, 0.5) is 0 Å². The van der Waals surface area contributed by atoms with Crippen LogP contribution in [0.25, 0.3) is 0 Å². The number of likely N-dealkylation sites (N-methyl/N-ethyl adjacent to an activating group) is 1. The standard InChI is InChI=1S/C64H110NO8P/c1-6-8-10-12-14-16-18-20-22-24-26-28-30-32-34-36-38-40-42-44-46-48-50-52-54-56-63(66)70-60-62(61-72-74(68,69)71-59-58-65(3,4)5)73-64(67)57-55-53-51-49-47-45-43-41-39-37-35-33-31-29-27-25-23-21-19-17-15-13-11-9-7-2/h8-11,14-17,20-23,26-29,33,35,62H,6-7,12-13,18-19,24-25,30-32,34,36-61H2,1-5H3/p+1/b10-8-,11-9-,16-14-,17-15-,22-20-,23-21-,28-26-,29-27-,35-33-. The molecule has 1 N–H and O–H groups in total. The molecule has 0 radical (unpaired) electrons. The monoisotopic (exact) mass is 1050 g/mol. The number of hydrogen-bond acceptors (Lipinski definition) is 7. The van der Waals surface area contributed by atoms with Crippen LogP contribution < -0.4 is 0 Å². The Morgan fingerprint density at radius 3 is 1.08 bits per heavy atom. The van der Waals surface area contributed by atoms with E-state index in [0.717, 1.165) is 103 Å². The van der Waals surface area contributed by atoms with Crippen LogP contribution in [-0.4, -0.2) is 74.9 Å². The maximum absolute atomic E-state index is 12.8. The molecule has 0 rings (SSSR count). The van der Waals surface area contributed by atoms with E-state index in [4.69, 9.17) is 18.5 Å². The normalized spacial score (nSPS) is 14.1. The topological polar surface area (TPSA) is 108 Å². The predicted molar refractivity (Wildman–Crippen MR) is 316 cm³/mol. The Bertz CT molecular complexity index is 1620. The van der Waals surface area contributed by atoms with Gasteiger partial charge in [0.25, 0.3) is 0 Å². The third-order valence-corrected chi connectivity index (χ3v) is 13.3. The van der Waals surface area contributed by atoms with Gasteiger partial charge in [-0.15, -0.1) is 0 Å². The fourth-order valence-corrected chi connectivity index (χ4v) is 8.54. The van der Waals surface area contributed by atoms with Crippen molar-refractivity contribution in [1.82, 2.24) is 0 Å². The minimum atomic E-state index is -4.40. The number of carbonyl (C=O) groups excluding carboxylic acids is 2. The average molecular weight is 1050 g/mol. The van der Waals surface area contributed by atoms with Gasteiger partial charge < -0.3 is 18.9 Å². The van der Waals surface area contributed by atoms with E-state index < -0.39 is 26.5 Å². The van der Waals surface area contributed by atoms with Gasteiger partial charge in [-0.25, -0.2) is 4.57 Å². The van der Waals surface area contributed by atoms with E-state index in [0.29, 0.717) is 17.4 Å². The second-order valence-electron chi connectivity index (χ2n) is 20.6. The summed E-state index contributed by atoms with van der Waals surface area (Å²) in [6.45, 7) is 4.20. The highest BCUT2D eigenvalue weighted by molar-refractivity contribution is 7.47. The van der Waals surface area contributed by atoms with E-state index >= 15 is 0 Å². The fraction of sp³-hybridized carbons (Fsp3) is 0.688. The van der Waals surface area contributed by atoms with E-state index in [-0.39, 0.29) is 32.0 Å². The summed E-state index contributed by atoms with van der Waals surface area (Å²) >= 11 is 0. The molecule has 2 unspecified atom stereocenters. The number of esters is 2. The van der Waals surface area contributed by atoms with E-state index in [1.165, 1.54) is 96.3 Å². The smallest absolute Gasteiger partial charge is 0.462 e. The van der Waals surface area contributed by atoms with Crippen LogP contribution in [0.1, 0.15) is 232 Å². The summed E-state index contributed by atoms with van der Waals surface area (Å²) in [5.74, 6) is -0.810. The van der Waals surface area contributed by atoms with Gasteiger partial charge in [-0.1, -0.05) is 232 Å². The number of unbranched alkanes of at least 4 members (excludes halogenated alkanes) is 21.